The van der Waals surface area contributed by atoms with Crippen LogP contribution in [0.4, 0.5) is 0 Å². The van der Waals surface area contributed by atoms with E-state index < -0.39 is 0 Å². The van der Waals surface area contributed by atoms with E-state index in [1.54, 1.807) is 0 Å². The highest BCUT2D eigenvalue weighted by atomic mass is 16.5. The predicted molar refractivity (Wildman–Crippen MR) is 152 cm³/mol. The number of rotatable bonds is 4. The van der Waals surface area contributed by atoms with Crippen molar-refractivity contribution in [3.8, 4) is 5.75 Å². The zero-order valence-electron chi connectivity index (χ0n) is 23.3. The van der Waals surface area contributed by atoms with Gasteiger partial charge in [0, 0.05) is 44.8 Å². The first-order valence-electron chi connectivity index (χ1n) is 15.0. The molecule has 6 heteroatoms. The Morgan fingerprint density at radius 3 is 2.50 bits per heavy atom. The normalized spacial score (nSPS) is 22.2. The van der Waals surface area contributed by atoms with Crippen LogP contribution < -0.4 is 4.74 Å². The summed E-state index contributed by atoms with van der Waals surface area (Å²) < 4.78 is 6.32. The first-order chi connectivity index (χ1) is 18.6. The number of nitrogens with zero attached hydrogens (tertiary/aromatic N) is 4. The molecule has 1 amide bonds. The van der Waals surface area contributed by atoms with Gasteiger partial charge in [0.2, 0.25) is 5.91 Å². The molecule has 1 aromatic carbocycles. The number of hydrogen-bond acceptors (Lipinski definition) is 5. The molecule has 1 aromatic heterocycles. The summed E-state index contributed by atoms with van der Waals surface area (Å²) in [4.78, 5) is 25.3. The van der Waals surface area contributed by atoms with Gasteiger partial charge in [0.1, 0.15) is 12.4 Å². The molecule has 0 atom stereocenters. The molecule has 2 fully saturated rings. The highest BCUT2D eigenvalue weighted by Gasteiger charge is 2.39. The van der Waals surface area contributed by atoms with Gasteiger partial charge in [0.05, 0.1) is 5.69 Å². The lowest BCUT2D eigenvalue weighted by Gasteiger charge is -2.46. The van der Waals surface area contributed by atoms with Gasteiger partial charge in [0.25, 0.3) is 0 Å². The summed E-state index contributed by atoms with van der Waals surface area (Å²) >= 11 is 0. The zero-order chi connectivity index (χ0) is 26.2. The molecule has 4 heterocycles. The van der Waals surface area contributed by atoms with Crippen molar-refractivity contribution in [3.63, 3.8) is 0 Å². The second-order valence-electron chi connectivity index (χ2n) is 11.7. The number of hydrogen-bond donors (Lipinski definition) is 0. The molecule has 0 unspecified atom stereocenters. The minimum atomic E-state index is 0.223. The third-order valence-electron chi connectivity index (χ3n) is 9.23. The quantitative estimate of drug-likeness (QED) is 0.568. The maximum Gasteiger partial charge on any atom is 0.225 e. The number of pyridine rings is 1. The van der Waals surface area contributed by atoms with Gasteiger partial charge in [-0.2, -0.15) is 0 Å². The number of ether oxygens (including phenoxy) is 1. The molecule has 0 bridgehead atoms. The van der Waals surface area contributed by atoms with Crippen LogP contribution in [-0.4, -0.2) is 78.0 Å². The van der Waals surface area contributed by atoms with Gasteiger partial charge in [-0.25, -0.2) is 0 Å². The van der Waals surface area contributed by atoms with E-state index in [9.17, 15) is 4.79 Å². The molecule has 0 saturated carbocycles. The fourth-order valence-corrected chi connectivity index (χ4v) is 6.80. The summed E-state index contributed by atoms with van der Waals surface area (Å²) in [6, 6.07) is 14.7. The summed E-state index contributed by atoms with van der Waals surface area (Å²) in [5.41, 5.74) is 2.68. The smallest absolute Gasteiger partial charge is 0.225 e. The number of benzene rings is 1. The van der Waals surface area contributed by atoms with Gasteiger partial charge < -0.3 is 14.5 Å². The van der Waals surface area contributed by atoms with E-state index in [2.05, 4.69) is 63.0 Å². The van der Waals surface area contributed by atoms with Gasteiger partial charge in [-0.3, -0.25) is 14.7 Å². The lowest BCUT2D eigenvalue weighted by Crippen LogP contribution is -2.50. The average molecular weight is 519 g/mol. The maximum absolute atomic E-state index is 13.4. The number of carbonyl (C=O) groups excluding carboxylic acids is 1. The molecule has 0 radical (unpaired) electrons. The van der Waals surface area contributed by atoms with Crippen molar-refractivity contribution >= 4 is 5.91 Å². The van der Waals surface area contributed by atoms with Crippen molar-refractivity contribution in [1.29, 1.82) is 0 Å². The highest BCUT2D eigenvalue weighted by Crippen LogP contribution is 2.39. The van der Waals surface area contributed by atoms with Crippen molar-refractivity contribution in [2.24, 2.45) is 11.3 Å². The SMILES string of the molecule is CCN1CCC(C(=O)N2CCC3(CCCCc4ccccc4OCCN(Cc4ccccn4)C3)CC2)CC1. The Morgan fingerprint density at radius 1 is 0.947 bits per heavy atom. The molecular weight excluding hydrogens is 472 g/mol. The van der Waals surface area contributed by atoms with Crippen LogP contribution in [0.25, 0.3) is 0 Å². The Kier molecular flexibility index (Phi) is 9.34. The molecule has 3 aliphatic rings. The molecule has 206 valence electrons. The topological polar surface area (TPSA) is 48.9 Å². The summed E-state index contributed by atoms with van der Waals surface area (Å²) in [6.07, 6.45) is 10.8. The van der Waals surface area contributed by atoms with Crippen molar-refractivity contribution in [2.45, 2.75) is 64.8 Å². The monoisotopic (exact) mass is 518 g/mol. The predicted octanol–water partition coefficient (Wildman–Crippen LogP) is 5.03. The first-order valence-corrected chi connectivity index (χ1v) is 15.0. The number of piperidine rings is 2. The number of aryl methyl sites for hydroxylation is 1. The van der Waals surface area contributed by atoms with Crippen molar-refractivity contribution < 1.29 is 9.53 Å². The maximum atomic E-state index is 13.4. The summed E-state index contributed by atoms with van der Waals surface area (Å²) in [6.45, 7) is 10.7. The number of para-hydroxylation sites is 1. The van der Waals surface area contributed by atoms with Crippen LogP contribution in [0.15, 0.2) is 48.7 Å². The lowest BCUT2D eigenvalue weighted by molar-refractivity contribution is -0.139. The van der Waals surface area contributed by atoms with Crippen molar-refractivity contribution in [1.82, 2.24) is 19.7 Å². The van der Waals surface area contributed by atoms with Crippen LogP contribution in [-0.2, 0) is 17.8 Å². The standard InChI is InChI=1S/C32H46N4O2/c1-2-34-19-13-28(14-20-34)31(37)36-21-16-32(17-22-36)15-7-5-10-27-9-3-4-12-30(27)38-24-23-35(26-32)25-29-11-6-8-18-33-29/h3-4,6,8-9,11-12,18,28H,2,5,7,10,13-17,19-26H2,1H3. The van der Waals surface area contributed by atoms with E-state index in [1.165, 1.54) is 24.8 Å². The van der Waals surface area contributed by atoms with Gasteiger partial charge in [-0.15, -0.1) is 0 Å². The number of likely N-dealkylation sites (tertiary alicyclic amines) is 2. The lowest BCUT2D eigenvalue weighted by atomic mass is 9.73. The molecular formula is C32H46N4O2. The third-order valence-corrected chi connectivity index (χ3v) is 9.23. The summed E-state index contributed by atoms with van der Waals surface area (Å²) in [7, 11) is 0. The Balaban J connectivity index is 1.27. The highest BCUT2D eigenvalue weighted by molar-refractivity contribution is 5.79. The number of carbonyl (C=O) groups is 1. The number of amides is 1. The second-order valence-corrected chi connectivity index (χ2v) is 11.7. The van der Waals surface area contributed by atoms with E-state index in [0.717, 1.165) is 95.9 Å². The summed E-state index contributed by atoms with van der Waals surface area (Å²) in [5.74, 6) is 1.68. The van der Waals surface area contributed by atoms with Gasteiger partial charge in [-0.05, 0) is 93.8 Å². The van der Waals surface area contributed by atoms with Crippen LogP contribution >= 0.6 is 0 Å². The molecule has 2 saturated heterocycles. The molecule has 6 nitrogen and oxygen atoms in total. The summed E-state index contributed by atoms with van der Waals surface area (Å²) in [5, 5.41) is 0. The minimum absolute atomic E-state index is 0.223. The van der Waals surface area contributed by atoms with Gasteiger partial charge in [0.15, 0.2) is 0 Å². The van der Waals surface area contributed by atoms with E-state index in [-0.39, 0.29) is 11.3 Å². The molecule has 0 N–H and O–H groups in total. The largest absolute Gasteiger partial charge is 0.492 e. The Morgan fingerprint density at radius 2 is 1.74 bits per heavy atom. The Labute approximate surface area is 229 Å². The second kappa shape index (κ2) is 13.1. The van der Waals surface area contributed by atoms with E-state index >= 15 is 0 Å². The van der Waals surface area contributed by atoms with E-state index in [1.807, 2.05) is 12.3 Å². The zero-order valence-corrected chi connectivity index (χ0v) is 23.3. The van der Waals surface area contributed by atoms with Crippen LogP contribution in [0.5, 0.6) is 5.75 Å². The Bertz CT molecular complexity index is 1010. The van der Waals surface area contributed by atoms with Crippen molar-refractivity contribution in [2.75, 3.05) is 52.4 Å². The van der Waals surface area contributed by atoms with Crippen LogP contribution in [0, 0.1) is 11.3 Å². The number of fused-ring (bicyclic) bond motifs is 1. The van der Waals surface area contributed by atoms with E-state index in [0.29, 0.717) is 12.5 Å². The minimum Gasteiger partial charge on any atom is -0.492 e. The van der Waals surface area contributed by atoms with E-state index in [4.69, 9.17) is 4.74 Å². The van der Waals surface area contributed by atoms with Crippen LogP contribution in [0.1, 0.15) is 63.1 Å². The molecule has 5 rings (SSSR count). The number of aromatic nitrogens is 1. The third kappa shape index (κ3) is 6.95. The first kappa shape index (κ1) is 27.1. The fourth-order valence-electron chi connectivity index (χ4n) is 6.80. The van der Waals surface area contributed by atoms with Gasteiger partial charge in [-0.1, -0.05) is 37.6 Å². The van der Waals surface area contributed by atoms with Crippen LogP contribution in [0.2, 0.25) is 0 Å². The Hall–Kier alpha value is -2.44. The van der Waals surface area contributed by atoms with Crippen LogP contribution in [0.3, 0.4) is 0 Å². The molecule has 0 aliphatic carbocycles. The average Bonchev–Trinajstić information content (AvgIpc) is 2.96. The molecule has 2 aromatic rings. The fraction of sp³-hybridized carbons (Fsp3) is 0.625. The molecule has 38 heavy (non-hydrogen) atoms. The molecule has 3 aliphatic heterocycles. The molecule has 1 spiro atoms. The van der Waals surface area contributed by atoms with Crippen molar-refractivity contribution in [3.05, 3.63) is 59.9 Å². The van der Waals surface area contributed by atoms with Gasteiger partial charge >= 0.3 is 0 Å².